The molecule has 4 heteroatoms. The molecule has 16 heavy (non-hydrogen) atoms. The van der Waals surface area contributed by atoms with Crippen LogP contribution in [0.1, 0.15) is 12.5 Å². The molecule has 1 heterocycles. The van der Waals surface area contributed by atoms with Gasteiger partial charge in [0.25, 0.3) is 0 Å². The molecule has 0 spiro atoms. The number of aromatic nitrogens is 1. The van der Waals surface area contributed by atoms with Crippen molar-refractivity contribution in [2.75, 3.05) is 12.8 Å². The Hall–Kier alpha value is -1.97. The fraction of sp³-hybridized carbons (Fsp3) is 0.250. The summed E-state index contributed by atoms with van der Waals surface area (Å²) in [6, 6.07) is 7.62. The summed E-state index contributed by atoms with van der Waals surface area (Å²) in [4.78, 5) is 0. The molecular weight excluding hydrogens is 204 g/mol. The molecular formula is C12H14N2O2. The molecule has 0 radical (unpaired) electrons. The molecule has 0 unspecified atom stereocenters. The molecule has 1 aromatic heterocycles. The van der Waals surface area contributed by atoms with E-state index >= 15 is 0 Å². The topological polar surface area (TPSA) is 61.3 Å². The molecule has 0 amide bonds. The second-order valence-corrected chi connectivity index (χ2v) is 3.46. The molecule has 84 valence electrons. The van der Waals surface area contributed by atoms with E-state index in [-0.39, 0.29) is 0 Å². The highest BCUT2D eigenvalue weighted by molar-refractivity contribution is 5.66. The van der Waals surface area contributed by atoms with Gasteiger partial charge in [0.1, 0.15) is 5.75 Å². The molecule has 0 aliphatic rings. The molecule has 0 atom stereocenters. The van der Waals surface area contributed by atoms with Crippen molar-refractivity contribution < 1.29 is 9.26 Å². The first-order valence-corrected chi connectivity index (χ1v) is 5.14. The molecule has 0 aliphatic heterocycles. The summed E-state index contributed by atoms with van der Waals surface area (Å²) in [6.45, 7) is 2.02. The quantitative estimate of drug-likeness (QED) is 0.859. The van der Waals surface area contributed by atoms with Crippen LogP contribution in [0.2, 0.25) is 0 Å². The molecule has 2 rings (SSSR count). The number of methoxy groups -OCH3 is 1. The standard InChI is InChI=1S/C12H14N2O2/c1-3-10-11(16-14-12(10)13)8-4-6-9(15-2)7-5-8/h4-7H,3H2,1-2H3,(H2,13,14). The van der Waals surface area contributed by atoms with Gasteiger partial charge in [-0.05, 0) is 30.7 Å². The van der Waals surface area contributed by atoms with Gasteiger partial charge in [-0.3, -0.25) is 0 Å². The van der Waals surface area contributed by atoms with E-state index in [0.717, 1.165) is 29.1 Å². The van der Waals surface area contributed by atoms with Crippen LogP contribution in [0.15, 0.2) is 28.8 Å². The third-order valence-corrected chi connectivity index (χ3v) is 2.52. The first-order chi connectivity index (χ1) is 7.76. The summed E-state index contributed by atoms with van der Waals surface area (Å²) in [5.41, 5.74) is 7.63. The molecule has 1 aromatic carbocycles. The predicted molar refractivity (Wildman–Crippen MR) is 62.3 cm³/mol. The lowest BCUT2D eigenvalue weighted by atomic mass is 10.1. The van der Waals surface area contributed by atoms with E-state index in [2.05, 4.69) is 5.16 Å². The van der Waals surface area contributed by atoms with E-state index in [0.29, 0.717) is 5.82 Å². The lowest BCUT2D eigenvalue weighted by molar-refractivity contribution is 0.414. The van der Waals surface area contributed by atoms with Crippen LogP contribution in [0.5, 0.6) is 5.75 Å². The van der Waals surface area contributed by atoms with Crippen LogP contribution in [0, 0.1) is 0 Å². The number of nitrogens with zero attached hydrogens (tertiary/aromatic N) is 1. The van der Waals surface area contributed by atoms with Crippen LogP contribution in [0.3, 0.4) is 0 Å². The smallest absolute Gasteiger partial charge is 0.172 e. The van der Waals surface area contributed by atoms with Gasteiger partial charge < -0.3 is 15.0 Å². The van der Waals surface area contributed by atoms with Crippen molar-refractivity contribution in [1.29, 1.82) is 0 Å². The Bertz CT molecular complexity index is 474. The fourth-order valence-corrected chi connectivity index (χ4v) is 1.63. The Morgan fingerprint density at radius 1 is 1.31 bits per heavy atom. The minimum Gasteiger partial charge on any atom is -0.497 e. The van der Waals surface area contributed by atoms with Crippen LogP contribution >= 0.6 is 0 Å². The monoisotopic (exact) mass is 218 g/mol. The zero-order chi connectivity index (χ0) is 11.5. The first kappa shape index (κ1) is 10.5. The second kappa shape index (κ2) is 4.26. The Balaban J connectivity index is 2.42. The van der Waals surface area contributed by atoms with Crippen molar-refractivity contribution in [3.05, 3.63) is 29.8 Å². The van der Waals surface area contributed by atoms with E-state index < -0.39 is 0 Å². The van der Waals surface area contributed by atoms with Crippen molar-refractivity contribution in [3.8, 4) is 17.1 Å². The highest BCUT2D eigenvalue weighted by atomic mass is 16.5. The average Bonchev–Trinajstić information content (AvgIpc) is 2.70. The molecule has 0 aliphatic carbocycles. The number of ether oxygens (including phenoxy) is 1. The first-order valence-electron chi connectivity index (χ1n) is 5.14. The van der Waals surface area contributed by atoms with Gasteiger partial charge in [0.15, 0.2) is 11.6 Å². The van der Waals surface area contributed by atoms with Gasteiger partial charge in [-0.2, -0.15) is 0 Å². The number of benzene rings is 1. The Morgan fingerprint density at radius 3 is 2.56 bits per heavy atom. The third kappa shape index (κ3) is 1.74. The summed E-state index contributed by atoms with van der Waals surface area (Å²) in [5, 5.41) is 3.78. The number of nitrogens with two attached hydrogens (primary N) is 1. The maximum Gasteiger partial charge on any atom is 0.172 e. The number of nitrogen functional groups attached to an aromatic ring is 1. The zero-order valence-corrected chi connectivity index (χ0v) is 9.36. The van der Waals surface area contributed by atoms with Crippen molar-refractivity contribution in [1.82, 2.24) is 5.16 Å². The highest BCUT2D eigenvalue weighted by Crippen LogP contribution is 2.29. The Kier molecular flexibility index (Phi) is 2.81. The van der Waals surface area contributed by atoms with E-state index in [1.165, 1.54) is 0 Å². The molecule has 0 saturated heterocycles. The SMILES string of the molecule is CCc1c(N)noc1-c1ccc(OC)cc1. The Morgan fingerprint density at radius 2 is 2.00 bits per heavy atom. The molecule has 0 fully saturated rings. The van der Waals surface area contributed by atoms with Gasteiger partial charge in [-0.1, -0.05) is 12.1 Å². The number of anilines is 1. The predicted octanol–water partition coefficient (Wildman–Crippen LogP) is 2.49. The van der Waals surface area contributed by atoms with Gasteiger partial charge in [-0.15, -0.1) is 0 Å². The molecule has 4 nitrogen and oxygen atoms in total. The minimum atomic E-state index is 0.466. The van der Waals surface area contributed by atoms with Gasteiger partial charge in [0, 0.05) is 11.1 Å². The minimum absolute atomic E-state index is 0.466. The van der Waals surface area contributed by atoms with Gasteiger partial charge in [-0.25, -0.2) is 0 Å². The number of hydrogen-bond acceptors (Lipinski definition) is 4. The van der Waals surface area contributed by atoms with E-state index in [4.69, 9.17) is 15.0 Å². The average molecular weight is 218 g/mol. The van der Waals surface area contributed by atoms with E-state index in [9.17, 15) is 0 Å². The second-order valence-electron chi connectivity index (χ2n) is 3.46. The summed E-state index contributed by atoms with van der Waals surface area (Å²) in [7, 11) is 1.64. The van der Waals surface area contributed by atoms with Crippen molar-refractivity contribution in [3.63, 3.8) is 0 Å². The highest BCUT2D eigenvalue weighted by Gasteiger charge is 2.13. The van der Waals surface area contributed by atoms with Crippen LogP contribution in [0.25, 0.3) is 11.3 Å². The zero-order valence-electron chi connectivity index (χ0n) is 9.36. The van der Waals surface area contributed by atoms with Crippen LogP contribution < -0.4 is 10.5 Å². The van der Waals surface area contributed by atoms with Crippen LogP contribution in [0.4, 0.5) is 5.82 Å². The largest absolute Gasteiger partial charge is 0.497 e. The molecule has 0 saturated carbocycles. The lowest BCUT2D eigenvalue weighted by Crippen LogP contribution is -1.91. The van der Waals surface area contributed by atoms with Gasteiger partial charge in [0.05, 0.1) is 7.11 Å². The summed E-state index contributed by atoms with van der Waals surface area (Å²) in [6.07, 6.45) is 0.802. The number of rotatable bonds is 3. The lowest BCUT2D eigenvalue weighted by Gasteiger charge is -2.01. The third-order valence-electron chi connectivity index (χ3n) is 2.52. The van der Waals surface area contributed by atoms with Gasteiger partial charge >= 0.3 is 0 Å². The van der Waals surface area contributed by atoms with Gasteiger partial charge in [0.2, 0.25) is 0 Å². The van der Waals surface area contributed by atoms with Crippen molar-refractivity contribution >= 4 is 5.82 Å². The summed E-state index contributed by atoms with van der Waals surface area (Å²) < 4.78 is 10.3. The molecule has 0 bridgehead atoms. The number of hydrogen-bond donors (Lipinski definition) is 1. The van der Waals surface area contributed by atoms with Crippen LogP contribution in [-0.4, -0.2) is 12.3 Å². The summed E-state index contributed by atoms with van der Waals surface area (Å²) in [5.74, 6) is 2.02. The maximum absolute atomic E-state index is 5.72. The van der Waals surface area contributed by atoms with E-state index in [1.54, 1.807) is 7.11 Å². The van der Waals surface area contributed by atoms with Crippen molar-refractivity contribution in [2.45, 2.75) is 13.3 Å². The Labute approximate surface area is 94.0 Å². The molecule has 2 N–H and O–H groups in total. The fourth-order valence-electron chi connectivity index (χ4n) is 1.63. The summed E-state index contributed by atoms with van der Waals surface area (Å²) >= 11 is 0. The maximum atomic E-state index is 5.72. The molecule has 2 aromatic rings. The van der Waals surface area contributed by atoms with Crippen LogP contribution in [-0.2, 0) is 6.42 Å². The van der Waals surface area contributed by atoms with Crippen molar-refractivity contribution in [2.24, 2.45) is 0 Å². The normalized spacial score (nSPS) is 10.4. The van der Waals surface area contributed by atoms with E-state index in [1.807, 2.05) is 31.2 Å².